The van der Waals surface area contributed by atoms with Crippen LogP contribution in [0, 0.1) is 11.8 Å². The lowest BCUT2D eigenvalue weighted by Gasteiger charge is -2.18. The number of hydrogen-bond donors (Lipinski definition) is 1. The Hall–Kier alpha value is -1.77. The molecule has 1 aromatic carbocycles. The van der Waals surface area contributed by atoms with Crippen molar-refractivity contribution in [2.24, 2.45) is 11.8 Å². The zero-order valence-corrected chi connectivity index (χ0v) is 12.9. The number of aromatic nitrogens is 1. The number of nitrogens with zero attached hydrogens (tertiary/aromatic N) is 1. The Kier molecular flexibility index (Phi) is 4.00. The van der Waals surface area contributed by atoms with Crippen LogP contribution in [-0.4, -0.2) is 28.9 Å². The number of H-pyrrole nitrogens is 1. The maximum atomic E-state index is 12.4. The number of nitrogens with one attached hydrogen (secondary N) is 1. The molecule has 1 fully saturated rings. The summed E-state index contributed by atoms with van der Waals surface area (Å²) in [4.78, 5) is 17.7. The number of aromatic amines is 1. The minimum absolute atomic E-state index is 0.309. The first-order chi connectivity index (χ1) is 10.1. The highest BCUT2D eigenvalue weighted by molar-refractivity contribution is 5.84. The highest BCUT2D eigenvalue weighted by atomic mass is 16.2. The highest BCUT2D eigenvalue weighted by Gasteiger charge is 2.27. The van der Waals surface area contributed by atoms with Gasteiger partial charge in [0.15, 0.2) is 0 Å². The van der Waals surface area contributed by atoms with Crippen LogP contribution in [0.4, 0.5) is 0 Å². The van der Waals surface area contributed by atoms with Gasteiger partial charge >= 0.3 is 0 Å². The van der Waals surface area contributed by atoms with Crippen LogP contribution in [0.25, 0.3) is 10.9 Å². The van der Waals surface area contributed by atoms with Crippen LogP contribution in [0.2, 0.25) is 0 Å². The number of carbonyl (C=O) groups is 1. The summed E-state index contributed by atoms with van der Waals surface area (Å²) in [5.74, 6) is 1.67. The molecule has 1 amide bonds. The van der Waals surface area contributed by atoms with Crippen LogP contribution < -0.4 is 0 Å². The number of amides is 1. The third kappa shape index (κ3) is 2.97. The molecule has 1 atom stereocenters. The van der Waals surface area contributed by atoms with Gasteiger partial charge < -0.3 is 9.88 Å². The predicted molar refractivity (Wildman–Crippen MR) is 86.1 cm³/mol. The number of carbonyl (C=O) groups excluding carboxylic acids is 1. The fourth-order valence-electron chi connectivity index (χ4n) is 3.30. The van der Waals surface area contributed by atoms with E-state index < -0.39 is 0 Å². The normalized spacial score (nSPS) is 18.8. The summed E-state index contributed by atoms with van der Waals surface area (Å²) >= 11 is 0. The Balaban J connectivity index is 1.59. The molecule has 1 aliphatic rings. The summed E-state index contributed by atoms with van der Waals surface area (Å²) in [5, 5.41) is 1.24. The molecule has 2 aromatic rings. The second kappa shape index (κ2) is 5.92. The topological polar surface area (TPSA) is 36.1 Å². The number of para-hydroxylation sites is 1. The molecule has 0 aliphatic carbocycles. The van der Waals surface area contributed by atoms with Crippen LogP contribution in [0.15, 0.2) is 30.5 Å². The van der Waals surface area contributed by atoms with E-state index in [2.05, 4.69) is 41.9 Å². The molecule has 112 valence electrons. The number of fused-ring (bicyclic) bond motifs is 1. The summed E-state index contributed by atoms with van der Waals surface area (Å²) in [6.45, 7) is 6.40. The molecule has 1 aliphatic heterocycles. The second-order valence-electron chi connectivity index (χ2n) is 6.49. The van der Waals surface area contributed by atoms with Crippen molar-refractivity contribution in [3.8, 4) is 0 Å². The van der Waals surface area contributed by atoms with Crippen LogP contribution in [0.3, 0.4) is 0 Å². The first kappa shape index (κ1) is 14.2. The molecule has 0 radical (unpaired) electrons. The third-order valence-electron chi connectivity index (χ3n) is 4.80. The molecule has 1 aromatic heterocycles. The largest absolute Gasteiger partial charge is 0.361 e. The van der Waals surface area contributed by atoms with Gasteiger partial charge in [-0.2, -0.15) is 0 Å². The lowest BCUT2D eigenvalue weighted by Crippen LogP contribution is -2.29. The molecule has 2 heterocycles. The van der Waals surface area contributed by atoms with E-state index in [0.29, 0.717) is 24.2 Å². The van der Waals surface area contributed by atoms with E-state index in [9.17, 15) is 4.79 Å². The molecule has 3 rings (SSSR count). The van der Waals surface area contributed by atoms with Crippen LogP contribution in [0.1, 0.15) is 32.3 Å². The van der Waals surface area contributed by atoms with E-state index in [-0.39, 0.29) is 0 Å². The minimum Gasteiger partial charge on any atom is -0.361 e. The van der Waals surface area contributed by atoms with Gasteiger partial charge in [-0.1, -0.05) is 32.0 Å². The van der Waals surface area contributed by atoms with E-state index in [1.165, 1.54) is 10.9 Å². The number of hydrogen-bond acceptors (Lipinski definition) is 1. The Labute approximate surface area is 126 Å². The average molecular weight is 284 g/mol. The van der Waals surface area contributed by atoms with Gasteiger partial charge in [0.05, 0.1) is 0 Å². The molecule has 0 saturated carbocycles. The Morgan fingerprint density at radius 2 is 2.19 bits per heavy atom. The van der Waals surface area contributed by atoms with E-state index in [1.807, 2.05) is 12.3 Å². The Bertz CT molecular complexity index is 629. The van der Waals surface area contributed by atoms with E-state index in [4.69, 9.17) is 0 Å². The van der Waals surface area contributed by atoms with Crippen molar-refractivity contribution in [1.82, 2.24) is 9.88 Å². The smallest absolute Gasteiger partial charge is 0.222 e. The SMILES string of the molecule is CC(C)C1CCN(C(=O)CCc2c[nH]c3ccccc23)C1. The first-order valence-corrected chi connectivity index (χ1v) is 7.98. The summed E-state index contributed by atoms with van der Waals surface area (Å²) in [7, 11) is 0. The minimum atomic E-state index is 0.309. The van der Waals surface area contributed by atoms with Gasteiger partial charge in [0.2, 0.25) is 5.91 Å². The van der Waals surface area contributed by atoms with Gasteiger partial charge in [0, 0.05) is 36.6 Å². The van der Waals surface area contributed by atoms with Crippen LogP contribution in [0.5, 0.6) is 0 Å². The molecule has 1 unspecified atom stereocenters. The Morgan fingerprint density at radius 1 is 1.38 bits per heavy atom. The molecule has 0 spiro atoms. The van der Waals surface area contributed by atoms with E-state index in [0.717, 1.165) is 31.4 Å². The molecule has 1 N–H and O–H groups in total. The van der Waals surface area contributed by atoms with Crippen molar-refractivity contribution in [3.05, 3.63) is 36.0 Å². The van der Waals surface area contributed by atoms with Gasteiger partial charge in [0.1, 0.15) is 0 Å². The van der Waals surface area contributed by atoms with Gasteiger partial charge in [-0.05, 0) is 36.3 Å². The lowest BCUT2D eigenvalue weighted by molar-refractivity contribution is -0.130. The van der Waals surface area contributed by atoms with Gasteiger partial charge in [0.25, 0.3) is 0 Å². The van der Waals surface area contributed by atoms with Crippen molar-refractivity contribution >= 4 is 16.8 Å². The first-order valence-electron chi connectivity index (χ1n) is 7.98. The third-order valence-corrected chi connectivity index (χ3v) is 4.80. The maximum Gasteiger partial charge on any atom is 0.222 e. The van der Waals surface area contributed by atoms with E-state index in [1.54, 1.807) is 0 Å². The summed E-state index contributed by atoms with van der Waals surface area (Å²) < 4.78 is 0. The second-order valence-corrected chi connectivity index (χ2v) is 6.49. The van der Waals surface area contributed by atoms with Crippen molar-refractivity contribution in [1.29, 1.82) is 0 Å². The fraction of sp³-hybridized carbons (Fsp3) is 0.500. The quantitative estimate of drug-likeness (QED) is 0.915. The van der Waals surface area contributed by atoms with Crippen molar-refractivity contribution in [2.45, 2.75) is 33.1 Å². The van der Waals surface area contributed by atoms with Gasteiger partial charge in [-0.15, -0.1) is 0 Å². The molecule has 3 nitrogen and oxygen atoms in total. The summed E-state index contributed by atoms with van der Waals surface area (Å²) in [5.41, 5.74) is 2.40. The van der Waals surface area contributed by atoms with Crippen molar-refractivity contribution < 1.29 is 4.79 Å². The van der Waals surface area contributed by atoms with Gasteiger partial charge in [-0.3, -0.25) is 4.79 Å². The number of aryl methyl sites for hydroxylation is 1. The zero-order valence-electron chi connectivity index (χ0n) is 12.9. The zero-order chi connectivity index (χ0) is 14.8. The van der Waals surface area contributed by atoms with Crippen LogP contribution in [-0.2, 0) is 11.2 Å². The predicted octanol–water partition coefficient (Wildman–Crippen LogP) is 3.61. The molecule has 21 heavy (non-hydrogen) atoms. The summed E-state index contributed by atoms with van der Waals surface area (Å²) in [6.07, 6.45) is 4.65. The molecular weight excluding hydrogens is 260 g/mol. The van der Waals surface area contributed by atoms with Crippen molar-refractivity contribution in [3.63, 3.8) is 0 Å². The molecule has 0 bridgehead atoms. The standard InChI is InChI=1S/C18H24N2O/c1-13(2)15-9-10-20(12-15)18(21)8-7-14-11-19-17-6-4-3-5-16(14)17/h3-6,11,13,15,19H,7-10,12H2,1-2H3. The lowest BCUT2D eigenvalue weighted by atomic mass is 9.95. The average Bonchev–Trinajstić information content (AvgIpc) is 3.12. The van der Waals surface area contributed by atoms with Crippen molar-refractivity contribution in [2.75, 3.05) is 13.1 Å². The number of benzene rings is 1. The summed E-state index contributed by atoms with van der Waals surface area (Å²) in [6, 6.07) is 8.28. The molecular formula is C18H24N2O. The monoisotopic (exact) mass is 284 g/mol. The van der Waals surface area contributed by atoms with Gasteiger partial charge in [-0.25, -0.2) is 0 Å². The van der Waals surface area contributed by atoms with Crippen LogP contribution >= 0.6 is 0 Å². The molecule has 1 saturated heterocycles. The fourth-order valence-corrected chi connectivity index (χ4v) is 3.30. The maximum absolute atomic E-state index is 12.4. The number of rotatable bonds is 4. The highest BCUT2D eigenvalue weighted by Crippen LogP contribution is 2.25. The molecule has 3 heteroatoms. The Morgan fingerprint density at radius 3 is 2.95 bits per heavy atom. The van der Waals surface area contributed by atoms with E-state index >= 15 is 0 Å². The number of likely N-dealkylation sites (tertiary alicyclic amines) is 1.